The molecule has 0 aliphatic carbocycles. The van der Waals surface area contributed by atoms with E-state index in [1.165, 1.54) is 6.07 Å². The van der Waals surface area contributed by atoms with Gasteiger partial charge in [0.05, 0.1) is 0 Å². The van der Waals surface area contributed by atoms with Crippen LogP contribution in [0, 0.1) is 5.92 Å². The minimum atomic E-state index is -3.66. The Morgan fingerprint density at radius 1 is 1.14 bits per heavy atom. The van der Waals surface area contributed by atoms with Gasteiger partial charge in [-0.2, -0.15) is 8.42 Å². The Hall–Kier alpha value is -2.71. The molecule has 146 valence electrons. The first-order valence-electron chi connectivity index (χ1n) is 9.27. The highest BCUT2D eigenvalue weighted by atomic mass is 32.2. The number of amidine groups is 1. The second-order valence-corrected chi connectivity index (χ2v) is 8.74. The van der Waals surface area contributed by atoms with Gasteiger partial charge in [0.15, 0.2) is 5.84 Å². The van der Waals surface area contributed by atoms with Crippen molar-refractivity contribution in [2.75, 3.05) is 18.4 Å². The Balaban J connectivity index is 1.46. The zero-order valence-electron chi connectivity index (χ0n) is 15.5. The Labute approximate surface area is 164 Å². The van der Waals surface area contributed by atoms with E-state index >= 15 is 0 Å². The largest absolute Gasteiger partial charge is 0.349 e. The van der Waals surface area contributed by atoms with E-state index in [0.717, 1.165) is 19.5 Å². The quantitative estimate of drug-likeness (QED) is 0.734. The van der Waals surface area contributed by atoms with Gasteiger partial charge in [0.1, 0.15) is 4.90 Å². The summed E-state index contributed by atoms with van der Waals surface area (Å²) in [4.78, 5) is 12.7. The first kappa shape index (κ1) is 18.6. The van der Waals surface area contributed by atoms with E-state index in [9.17, 15) is 13.2 Å². The molecule has 1 fully saturated rings. The summed E-state index contributed by atoms with van der Waals surface area (Å²) in [5, 5.41) is 9.46. The molecule has 0 spiro atoms. The van der Waals surface area contributed by atoms with Crippen LogP contribution in [0.5, 0.6) is 0 Å². The smallest absolute Gasteiger partial charge is 0.285 e. The van der Waals surface area contributed by atoms with Crippen LogP contribution in [0.1, 0.15) is 29.3 Å². The number of hydrogen-bond donors (Lipinski definition) is 3. The number of amides is 1. The van der Waals surface area contributed by atoms with Crippen molar-refractivity contribution in [1.82, 2.24) is 10.6 Å². The van der Waals surface area contributed by atoms with Crippen LogP contribution < -0.4 is 16.0 Å². The topological polar surface area (TPSA) is 99.7 Å². The summed E-state index contributed by atoms with van der Waals surface area (Å²) < 4.78 is 28.1. The van der Waals surface area contributed by atoms with Crippen LogP contribution in [0.4, 0.5) is 5.69 Å². The molecule has 2 unspecified atom stereocenters. The molecular formula is C20H22N4O3S. The van der Waals surface area contributed by atoms with Crippen LogP contribution in [-0.2, 0) is 10.0 Å². The van der Waals surface area contributed by atoms with Crippen molar-refractivity contribution in [3.05, 3.63) is 59.7 Å². The van der Waals surface area contributed by atoms with Gasteiger partial charge in [-0.25, -0.2) is 0 Å². The van der Waals surface area contributed by atoms with Crippen molar-refractivity contribution >= 4 is 27.5 Å². The predicted octanol–water partition coefficient (Wildman–Crippen LogP) is 1.98. The molecule has 2 aliphatic heterocycles. The second-order valence-electron chi connectivity index (χ2n) is 7.16. The fraction of sp³-hybridized carbons (Fsp3) is 0.300. The zero-order chi connectivity index (χ0) is 19.7. The second kappa shape index (κ2) is 7.37. The highest BCUT2D eigenvalue weighted by molar-refractivity contribution is 7.90. The third-order valence-electron chi connectivity index (χ3n) is 5.14. The Morgan fingerprint density at radius 2 is 1.89 bits per heavy atom. The predicted molar refractivity (Wildman–Crippen MR) is 108 cm³/mol. The lowest BCUT2D eigenvalue weighted by molar-refractivity contribution is 0.0914. The Kier molecular flexibility index (Phi) is 4.91. The van der Waals surface area contributed by atoms with Gasteiger partial charge in [0.25, 0.3) is 15.9 Å². The zero-order valence-corrected chi connectivity index (χ0v) is 16.3. The normalized spacial score (nSPS) is 22.8. The number of nitrogens with zero attached hydrogens (tertiary/aromatic N) is 1. The summed E-state index contributed by atoms with van der Waals surface area (Å²) in [6.07, 6.45) is 0.917. The lowest BCUT2D eigenvalue weighted by atomic mass is 9.95. The van der Waals surface area contributed by atoms with E-state index in [4.69, 9.17) is 0 Å². The molecule has 1 amide bonds. The maximum Gasteiger partial charge on any atom is 0.285 e. The average molecular weight is 398 g/mol. The Morgan fingerprint density at radius 3 is 2.64 bits per heavy atom. The number of nitrogens with one attached hydrogen (secondary N) is 3. The maximum absolute atomic E-state index is 12.5. The average Bonchev–Trinajstić information content (AvgIpc) is 2.95. The maximum atomic E-state index is 12.5. The number of sulfonamides is 1. The van der Waals surface area contributed by atoms with Crippen molar-refractivity contribution in [3.8, 4) is 0 Å². The molecule has 2 aromatic rings. The number of benzene rings is 2. The van der Waals surface area contributed by atoms with Crippen LogP contribution in [0.15, 0.2) is 57.8 Å². The van der Waals surface area contributed by atoms with Crippen LogP contribution in [-0.4, -0.2) is 39.3 Å². The van der Waals surface area contributed by atoms with E-state index in [1.54, 1.807) is 42.5 Å². The summed E-state index contributed by atoms with van der Waals surface area (Å²) in [5.74, 6) is 0.578. The van der Waals surface area contributed by atoms with Gasteiger partial charge in [0.2, 0.25) is 0 Å². The number of carbonyl (C=O) groups excluding carboxylic acids is 1. The van der Waals surface area contributed by atoms with E-state index in [2.05, 4.69) is 27.3 Å². The number of piperidine rings is 1. The molecule has 0 radical (unpaired) electrons. The molecule has 8 heteroatoms. The summed E-state index contributed by atoms with van der Waals surface area (Å²) in [6, 6.07) is 13.8. The molecule has 7 nitrogen and oxygen atoms in total. The van der Waals surface area contributed by atoms with Crippen molar-refractivity contribution < 1.29 is 13.2 Å². The van der Waals surface area contributed by atoms with Crippen molar-refractivity contribution in [3.63, 3.8) is 0 Å². The van der Waals surface area contributed by atoms with Gasteiger partial charge in [-0.3, -0.25) is 4.79 Å². The minimum absolute atomic E-state index is 0.101. The van der Waals surface area contributed by atoms with Crippen LogP contribution in [0.3, 0.4) is 0 Å². The molecule has 3 N–H and O–H groups in total. The SMILES string of the molecule is CC1CNCCC1NC(=O)c1ccc(NC2=NS(=O)(=O)c3ccccc32)cc1. The number of fused-ring (bicyclic) bond motifs is 1. The van der Waals surface area contributed by atoms with E-state index in [-0.39, 0.29) is 22.7 Å². The molecule has 0 saturated carbocycles. The first-order chi connectivity index (χ1) is 13.4. The summed E-state index contributed by atoms with van der Waals surface area (Å²) in [7, 11) is -3.66. The third kappa shape index (κ3) is 3.65. The lowest BCUT2D eigenvalue weighted by Gasteiger charge is -2.30. The summed E-state index contributed by atoms with van der Waals surface area (Å²) in [5.41, 5.74) is 1.78. The molecule has 0 aromatic heterocycles. The number of anilines is 1. The third-order valence-corrected chi connectivity index (χ3v) is 6.48. The van der Waals surface area contributed by atoms with Gasteiger partial charge in [0, 0.05) is 22.9 Å². The summed E-state index contributed by atoms with van der Waals surface area (Å²) >= 11 is 0. The van der Waals surface area contributed by atoms with Crippen molar-refractivity contribution in [1.29, 1.82) is 0 Å². The van der Waals surface area contributed by atoms with E-state index in [1.807, 2.05) is 0 Å². The van der Waals surface area contributed by atoms with Crippen molar-refractivity contribution in [2.24, 2.45) is 10.3 Å². The fourth-order valence-electron chi connectivity index (χ4n) is 3.52. The number of hydrogen-bond acceptors (Lipinski definition) is 5. The van der Waals surface area contributed by atoms with Gasteiger partial charge < -0.3 is 16.0 Å². The lowest BCUT2D eigenvalue weighted by Crippen LogP contribution is -2.48. The van der Waals surface area contributed by atoms with Crippen LogP contribution in [0.25, 0.3) is 0 Å². The van der Waals surface area contributed by atoms with Crippen LogP contribution >= 0.6 is 0 Å². The van der Waals surface area contributed by atoms with Gasteiger partial charge >= 0.3 is 0 Å². The highest BCUT2D eigenvalue weighted by Crippen LogP contribution is 2.26. The molecule has 2 heterocycles. The first-order valence-corrected chi connectivity index (χ1v) is 10.7. The minimum Gasteiger partial charge on any atom is -0.349 e. The van der Waals surface area contributed by atoms with Gasteiger partial charge in [-0.1, -0.05) is 19.1 Å². The Bertz CT molecular complexity index is 1030. The van der Waals surface area contributed by atoms with Gasteiger partial charge in [-0.15, -0.1) is 4.40 Å². The fourth-order valence-corrected chi connectivity index (χ4v) is 4.69. The molecule has 2 atom stereocenters. The van der Waals surface area contributed by atoms with Gasteiger partial charge in [-0.05, 0) is 61.8 Å². The highest BCUT2D eigenvalue weighted by Gasteiger charge is 2.28. The van der Waals surface area contributed by atoms with E-state index < -0.39 is 10.0 Å². The molecule has 4 rings (SSSR count). The van der Waals surface area contributed by atoms with Crippen LogP contribution in [0.2, 0.25) is 0 Å². The number of rotatable bonds is 3. The standard InChI is InChI=1S/C20H22N4O3S/c1-13-12-21-11-10-17(13)23-20(25)14-6-8-15(9-7-14)22-19-16-4-2-3-5-18(16)28(26,27)24-19/h2-9,13,17,21H,10-12H2,1H3,(H,22,24)(H,23,25). The molecular weight excluding hydrogens is 376 g/mol. The van der Waals surface area contributed by atoms with Crippen molar-refractivity contribution in [2.45, 2.75) is 24.3 Å². The molecule has 2 aromatic carbocycles. The number of carbonyl (C=O) groups is 1. The molecule has 1 saturated heterocycles. The monoisotopic (exact) mass is 398 g/mol. The molecule has 28 heavy (non-hydrogen) atoms. The van der Waals surface area contributed by atoms with E-state index in [0.29, 0.717) is 22.7 Å². The molecule has 0 bridgehead atoms. The summed E-state index contributed by atoms with van der Waals surface area (Å²) in [6.45, 7) is 3.93. The molecule has 2 aliphatic rings.